The largest absolute Gasteiger partial charge is 0.493 e. The number of methoxy groups -OCH3 is 2. The number of nitrogens with zero attached hydrogens (tertiary/aromatic N) is 2. The Labute approximate surface area is 227 Å². The summed E-state index contributed by atoms with van der Waals surface area (Å²) in [4.78, 5) is 33.9. The van der Waals surface area contributed by atoms with E-state index in [1.807, 2.05) is 60.8 Å². The first-order chi connectivity index (χ1) is 18.5. The number of rotatable bonds is 7. The second-order valence-electron chi connectivity index (χ2n) is 8.51. The van der Waals surface area contributed by atoms with Crippen LogP contribution in [0.5, 0.6) is 11.5 Å². The van der Waals surface area contributed by atoms with Gasteiger partial charge in [0.2, 0.25) is 0 Å². The van der Waals surface area contributed by atoms with Gasteiger partial charge < -0.3 is 14.2 Å². The van der Waals surface area contributed by atoms with Crippen LogP contribution in [0.3, 0.4) is 0 Å². The summed E-state index contributed by atoms with van der Waals surface area (Å²) in [5.41, 5.74) is 3.06. The summed E-state index contributed by atoms with van der Waals surface area (Å²) in [6, 6.07) is 16.1. The quantitative estimate of drug-likeness (QED) is 0.323. The minimum Gasteiger partial charge on any atom is -0.493 e. The van der Waals surface area contributed by atoms with Crippen LogP contribution in [0.25, 0.3) is 11.8 Å². The fourth-order valence-electron chi connectivity index (χ4n) is 4.43. The van der Waals surface area contributed by atoms with Crippen LogP contribution in [-0.2, 0) is 9.53 Å². The molecule has 4 aromatic rings. The lowest BCUT2D eigenvalue weighted by molar-refractivity contribution is -0.138. The molecule has 0 radical (unpaired) electrons. The van der Waals surface area contributed by atoms with Gasteiger partial charge in [-0.3, -0.25) is 9.36 Å². The Morgan fingerprint density at radius 3 is 2.50 bits per heavy atom. The molecule has 194 valence electrons. The van der Waals surface area contributed by atoms with Crippen LogP contribution in [0.4, 0.5) is 0 Å². The van der Waals surface area contributed by atoms with Crippen molar-refractivity contribution in [2.45, 2.75) is 19.9 Å². The van der Waals surface area contributed by atoms with E-state index in [1.165, 1.54) is 11.3 Å². The molecule has 9 heteroatoms. The van der Waals surface area contributed by atoms with Gasteiger partial charge >= 0.3 is 5.97 Å². The summed E-state index contributed by atoms with van der Waals surface area (Å²) >= 11 is 2.88. The van der Waals surface area contributed by atoms with E-state index in [1.54, 1.807) is 49.2 Å². The van der Waals surface area contributed by atoms with Gasteiger partial charge in [-0.25, -0.2) is 9.79 Å². The number of fused-ring (bicyclic) bond motifs is 1. The van der Waals surface area contributed by atoms with Crippen molar-refractivity contribution in [3.05, 3.63) is 107 Å². The minimum atomic E-state index is -0.785. The SMILES string of the molecule is CCOC(=O)C1=C(c2ccccc2)N=c2s/c(=C\c3sccc3C)c(=O)n2[C@@H]1c1ccc(OC)c(OC)c1. The number of benzene rings is 2. The summed E-state index contributed by atoms with van der Waals surface area (Å²) in [6.45, 7) is 3.95. The number of aromatic nitrogens is 1. The van der Waals surface area contributed by atoms with Gasteiger partial charge in [0.15, 0.2) is 16.3 Å². The van der Waals surface area contributed by atoms with Gasteiger partial charge in [-0.05, 0) is 54.6 Å². The van der Waals surface area contributed by atoms with Crippen molar-refractivity contribution in [2.24, 2.45) is 4.99 Å². The van der Waals surface area contributed by atoms with E-state index in [-0.39, 0.29) is 17.7 Å². The molecule has 0 N–H and O–H groups in total. The van der Waals surface area contributed by atoms with Crippen LogP contribution < -0.4 is 24.4 Å². The third-order valence-electron chi connectivity index (χ3n) is 6.26. The number of hydrogen-bond acceptors (Lipinski definition) is 8. The first kappa shape index (κ1) is 25.7. The molecule has 2 aromatic carbocycles. The highest BCUT2D eigenvalue weighted by Crippen LogP contribution is 2.38. The molecule has 0 amide bonds. The van der Waals surface area contributed by atoms with Crippen LogP contribution in [0.1, 0.15) is 34.5 Å². The molecule has 7 nitrogen and oxygen atoms in total. The summed E-state index contributed by atoms with van der Waals surface area (Å²) in [7, 11) is 3.11. The lowest BCUT2D eigenvalue weighted by atomic mass is 9.93. The third-order valence-corrected chi connectivity index (χ3v) is 8.21. The zero-order valence-electron chi connectivity index (χ0n) is 21.4. The molecule has 0 bridgehead atoms. The molecule has 0 unspecified atom stereocenters. The van der Waals surface area contributed by atoms with Crippen LogP contribution >= 0.6 is 22.7 Å². The van der Waals surface area contributed by atoms with Gasteiger partial charge in [0.05, 0.1) is 42.7 Å². The highest BCUT2D eigenvalue weighted by Gasteiger charge is 2.35. The Balaban J connectivity index is 1.86. The average Bonchev–Trinajstić information content (AvgIpc) is 3.49. The smallest absolute Gasteiger partial charge is 0.338 e. The van der Waals surface area contributed by atoms with Crippen LogP contribution in [0.15, 0.2) is 75.3 Å². The van der Waals surface area contributed by atoms with Crippen LogP contribution in [-0.4, -0.2) is 31.4 Å². The highest BCUT2D eigenvalue weighted by atomic mass is 32.1. The van der Waals surface area contributed by atoms with Gasteiger partial charge in [-0.2, -0.15) is 0 Å². The monoisotopic (exact) mass is 546 g/mol. The maximum Gasteiger partial charge on any atom is 0.338 e. The number of hydrogen-bond donors (Lipinski definition) is 0. The van der Waals surface area contributed by atoms with Gasteiger partial charge in [0, 0.05) is 10.4 Å². The topological polar surface area (TPSA) is 79.1 Å². The Morgan fingerprint density at radius 1 is 1.08 bits per heavy atom. The Bertz CT molecular complexity index is 1710. The molecule has 0 saturated carbocycles. The summed E-state index contributed by atoms with van der Waals surface area (Å²) in [6.07, 6.45) is 1.89. The second-order valence-corrected chi connectivity index (χ2v) is 10.5. The Morgan fingerprint density at radius 2 is 1.84 bits per heavy atom. The van der Waals surface area contributed by atoms with Crippen molar-refractivity contribution in [1.82, 2.24) is 4.57 Å². The molecule has 0 saturated heterocycles. The maximum atomic E-state index is 13.9. The number of carbonyl (C=O) groups is 1. The number of ether oxygens (including phenoxy) is 3. The third kappa shape index (κ3) is 4.59. The molecule has 3 heterocycles. The number of esters is 1. The van der Waals surface area contributed by atoms with Gasteiger partial charge in [0.1, 0.15) is 0 Å². The van der Waals surface area contributed by atoms with Gasteiger partial charge in [-0.15, -0.1) is 11.3 Å². The summed E-state index contributed by atoms with van der Waals surface area (Å²) < 4.78 is 18.6. The second kappa shape index (κ2) is 10.8. The van der Waals surface area contributed by atoms with Crippen molar-refractivity contribution < 1.29 is 19.0 Å². The molecule has 2 aromatic heterocycles. The van der Waals surface area contributed by atoms with Gasteiger partial charge in [0.25, 0.3) is 5.56 Å². The Hall–Kier alpha value is -3.95. The number of aryl methyl sites for hydroxylation is 1. The standard InChI is InChI=1S/C29H26N2O5S2/c1-5-36-28(33)24-25(18-9-7-6-8-10-18)30-29-31(26(24)19-11-12-20(34-3)21(15-19)35-4)27(32)23(38-29)16-22-17(2)13-14-37-22/h6-16,26H,5H2,1-4H3/b23-16-/t26-/m1/s1. The normalized spacial score (nSPS) is 15.2. The lowest BCUT2D eigenvalue weighted by Gasteiger charge is -2.26. The lowest BCUT2D eigenvalue weighted by Crippen LogP contribution is -2.40. The molecule has 0 fully saturated rings. The van der Waals surface area contributed by atoms with E-state index in [2.05, 4.69) is 0 Å². The zero-order valence-corrected chi connectivity index (χ0v) is 23.0. The first-order valence-electron chi connectivity index (χ1n) is 12.0. The molecule has 38 heavy (non-hydrogen) atoms. The number of thiophene rings is 1. The van der Waals surface area contributed by atoms with E-state index in [0.717, 1.165) is 16.0 Å². The van der Waals surface area contributed by atoms with E-state index in [9.17, 15) is 9.59 Å². The van der Waals surface area contributed by atoms with E-state index in [4.69, 9.17) is 19.2 Å². The fraction of sp³-hybridized carbons (Fsp3) is 0.207. The van der Waals surface area contributed by atoms with Gasteiger partial charge in [-0.1, -0.05) is 47.7 Å². The number of carbonyl (C=O) groups excluding carboxylic acids is 1. The summed E-state index contributed by atoms with van der Waals surface area (Å²) in [5.74, 6) is 0.503. The molecular formula is C29H26N2O5S2. The van der Waals surface area contributed by atoms with E-state index in [0.29, 0.717) is 32.1 Å². The van der Waals surface area contributed by atoms with Crippen molar-refractivity contribution in [3.8, 4) is 11.5 Å². The predicted molar refractivity (Wildman–Crippen MR) is 150 cm³/mol. The predicted octanol–water partition coefficient (Wildman–Crippen LogP) is 4.32. The molecule has 5 rings (SSSR count). The van der Waals surface area contributed by atoms with Crippen LogP contribution in [0.2, 0.25) is 0 Å². The Kier molecular flexibility index (Phi) is 7.31. The minimum absolute atomic E-state index is 0.186. The zero-order chi connectivity index (χ0) is 26.8. The van der Waals surface area contributed by atoms with Crippen molar-refractivity contribution in [1.29, 1.82) is 0 Å². The summed E-state index contributed by atoms with van der Waals surface area (Å²) in [5, 5.41) is 2.00. The maximum absolute atomic E-state index is 13.9. The molecule has 0 spiro atoms. The van der Waals surface area contributed by atoms with E-state index >= 15 is 0 Å². The fourth-order valence-corrected chi connectivity index (χ4v) is 6.35. The average molecular weight is 547 g/mol. The van der Waals surface area contributed by atoms with Crippen molar-refractivity contribution in [2.75, 3.05) is 20.8 Å². The van der Waals surface area contributed by atoms with Crippen molar-refractivity contribution >= 4 is 40.4 Å². The first-order valence-corrected chi connectivity index (χ1v) is 13.7. The molecular weight excluding hydrogens is 520 g/mol. The molecule has 0 aliphatic carbocycles. The molecule has 1 aliphatic heterocycles. The highest BCUT2D eigenvalue weighted by molar-refractivity contribution is 7.11. The van der Waals surface area contributed by atoms with E-state index < -0.39 is 12.0 Å². The molecule has 1 aliphatic rings. The van der Waals surface area contributed by atoms with Crippen molar-refractivity contribution in [3.63, 3.8) is 0 Å². The number of thiazole rings is 1. The van der Waals surface area contributed by atoms with Crippen LogP contribution in [0, 0.1) is 6.92 Å². The molecule has 1 atom stereocenters.